The van der Waals surface area contributed by atoms with E-state index < -0.39 is 0 Å². The van der Waals surface area contributed by atoms with Crippen molar-refractivity contribution in [1.82, 2.24) is 4.98 Å². The lowest BCUT2D eigenvalue weighted by Gasteiger charge is -2.04. The minimum atomic E-state index is 0.791. The van der Waals surface area contributed by atoms with Gasteiger partial charge in [0.1, 0.15) is 0 Å². The maximum atomic E-state index is 4.24. The molecule has 0 atom stereocenters. The van der Waals surface area contributed by atoms with Crippen LogP contribution in [0.1, 0.15) is 5.69 Å². The van der Waals surface area contributed by atoms with Crippen molar-refractivity contribution < 1.29 is 0 Å². The second-order valence-corrected chi connectivity index (χ2v) is 5.17. The first kappa shape index (κ1) is 9.81. The molecule has 0 unspecified atom stereocenters. The fourth-order valence-corrected chi connectivity index (χ4v) is 2.92. The Kier molecular flexibility index (Phi) is 2.60. The SMILES string of the molecule is c1nc(CNc2ccc3sccc3c2)cs1. The maximum absolute atomic E-state index is 4.24. The first-order valence-corrected chi connectivity index (χ1v) is 6.82. The molecule has 0 bridgehead atoms. The molecule has 4 heteroatoms. The van der Waals surface area contributed by atoms with Crippen LogP contribution >= 0.6 is 22.7 Å². The number of nitrogens with zero attached hydrogens (tertiary/aromatic N) is 1. The lowest BCUT2D eigenvalue weighted by atomic mass is 10.2. The lowest BCUT2D eigenvalue weighted by Crippen LogP contribution is -1.98. The molecule has 1 N–H and O–H groups in total. The van der Waals surface area contributed by atoms with Crippen molar-refractivity contribution >= 4 is 38.4 Å². The first-order valence-electron chi connectivity index (χ1n) is 5.00. The van der Waals surface area contributed by atoms with Crippen molar-refractivity contribution in [2.75, 3.05) is 5.32 Å². The van der Waals surface area contributed by atoms with Crippen LogP contribution < -0.4 is 5.32 Å². The Balaban J connectivity index is 1.78. The summed E-state index contributed by atoms with van der Waals surface area (Å²) in [5.41, 5.74) is 4.10. The number of anilines is 1. The summed E-state index contributed by atoms with van der Waals surface area (Å²) in [6.07, 6.45) is 0. The molecule has 0 radical (unpaired) electrons. The van der Waals surface area contributed by atoms with Crippen molar-refractivity contribution in [2.24, 2.45) is 0 Å². The maximum Gasteiger partial charge on any atom is 0.0795 e. The van der Waals surface area contributed by atoms with Crippen molar-refractivity contribution in [1.29, 1.82) is 0 Å². The summed E-state index contributed by atoms with van der Waals surface area (Å²) in [5.74, 6) is 0. The van der Waals surface area contributed by atoms with Gasteiger partial charge in [0.05, 0.1) is 17.7 Å². The van der Waals surface area contributed by atoms with Crippen LogP contribution in [0, 0.1) is 0 Å². The molecule has 0 aliphatic heterocycles. The van der Waals surface area contributed by atoms with E-state index in [4.69, 9.17) is 0 Å². The van der Waals surface area contributed by atoms with Crippen LogP contribution in [0.25, 0.3) is 10.1 Å². The highest BCUT2D eigenvalue weighted by atomic mass is 32.1. The smallest absolute Gasteiger partial charge is 0.0795 e. The molecule has 2 aromatic heterocycles. The molecule has 3 aromatic rings. The average Bonchev–Trinajstić information content (AvgIpc) is 2.97. The van der Waals surface area contributed by atoms with E-state index in [9.17, 15) is 0 Å². The predicted molar refractivity (Wildman–Crippen MR) is 71.3 cm³/mol. The largest absolute Gasteiger partial charge is 0.379 e. The minimum Gasteiger partial charge on any atom is -0.379 e. The zero-order valence-corrected chi connectivity index (χ0v) is 10.1. The van der Waals surface area contributed by atoms with Crippen molar-refractivity contribution in [3.05, 3.63) is 46.2 Å². The van der Waals surface area contributed by atoms with Crippen LogP contribution in [0.4, 0.5) is 5.69 Å². The Hall–Kier alpha value is -1.39. The van der Waals surface area contributed by atoms with Gasteiger partial charge in [-0.3, -0.25) is 0 Å². The van der Waals surface area contributed by atoms with Crippen molar-refractivity contribution in [3.8, 4) is 0 Å². The fourth-order valence-electron chi connectivity index (χ4n) is 1.59. The summed E-state index contributed by atoms with van der Waals surface area (Å²) in [4.78, 5) is 4.24. The van der Waals surface area contributed by atoms with Gasteiger partial charge in [-0.05, 0) is 35.0 Å². The van der Waals surface area contributed by atoms with Crippen LogP contribution in [0.2, 0.25) is 0 Å². The number of benzene rings is 1. The number of fused-ring (bicyclic) bond motifs is 1. The Morgan fingerprint density at radius 1 is 1.25 bits per heavy atom. The Bertz CT molecular complexity index is 584. The predicted octanol–water partition coefficient (Wildman–Crippen LogP) is 3.97. The number of aromatic nitrogens is 1. The number of thiophene rings is 1. The number of hydrogen-bond donors (Lipinski definition) is 1. The third-order valence-electron chi connectivity index (χ3n) is 2.41. The molecule has 0 saturated heterocycles. The summed E-state index contributed by atoms with van der Waals surface area (Å²) in [6, 6.07) is 8.60. The van der Waals surface area contributed by atoms with E-state index in [-0.39, 0.29) is 0 Å². The van der Waals surface area contributed by atoms with E-state index in [1.807, 2.05) is 5.51 Å². The number of rotatable bonds is 3. The van der Waals surface area contributed by atoms with Gasteiger partial charge in [-0.15, -0.1) is 22.7 Å². The highest BCUT2D eigenvalue weighted by Crippen LogP contribution is 2.24. The molecule has 16 heavy (non-hydrogen) atoms. The molecule has 0 amide bonds. The Morgan fingerprint density at radius 2 is 2.25 bits per heavy atom. The summed E-state index contributed by atoms with van der Waals surface area (Å²) in [5, 5.41) is 8.86. The highest BCUT2D eigenvalue weighted by Gasteiger charge is 1.98. The second kappa shape index (κ2) is 4.23. The molecule has 0 spiro atoms. The van der Waals surface area contributed by atoms with E-state index >= 15 is 0 Å². The topological polar surface area (TPSA) is 24.9 Å². The Morgan fingerprint density at radius 3 is 3.12 bits per heavy atom. The summed E-state index contributed by atoms with van der Waals surface area (Å²) < 4.78 is 1.33. The van der Waals surface area contributed by atoms with Gasteiger partial charge in [-0.1, -0.05) is 0 Å². The van der Waals surface area contributed by atoms with Gasteiger partial charge >= 0.3 is 0 Å². The molecule has 3 rings (SSSR count). The van der Waals surface area contributed by atoms with E-state index in [0.717, 1.165) is 17.9 Å². The van der Waals surface area contributed by atoms with Gasteiger partial charge < -0.3 is 5.32 Å². The van der Waals surface area contributed by atoms with E-state index in [1.54, 1.807) is 22.7 Å². The van der Waals surface area contributed by atoms with Crippen molar-refractivity contribution in [3.63, 3.8) is 0 Å². The molecule has 2 nitrogen and oxygen atoms in total. The van der Waals surface area contributed by atoms with Gasteiger partial charge in [-0.25, -0.2) is 4.98 Å². The van der Waals surface area contributed by atoms with Gasteiger partial charge in [0.25, 0.3) is 0 Å². The minimum absolute atomic E-state index is 0.791. The molecular weight excluding hydrogens is 236 g/mol. The number of nitrogens with one attached hydrogen (secondary N) is 1. The van der Waals surface area contributed by atoms with Gasteiger partial charge in [-0.2, -0.15) is 0 Å². The van der Waals surface area contributed by atoms with Gasteiger partial charge in [0.2, 0.25) is 0 Å². The van der Waals surface area contributed by atoms with Gasteiger partial charge in [0, 0.05) is 15.8 Å². The fraction of sp³-hybridized carbons (Fsp3) is 0.0833. The summed E-state index contributed by atoms with van der Waals surface area (Å²) in [7, 11) is 0. The van der Waals surface area contributed by atoms with E-state index in [0.29, 0.717) is 0 Å². The van der Waals surface area contributed by atoms with Crippen LogP contribution in [0.15, 0.2) is 40.5 Å². The average molecular weight is 246 g/mol. The second-order valence-electron chi connectivity index (χ2n) is 3.51. The highest BCUT2D eigenvalue weighted by molar-refractivity contribution is 7.17. The standard InChI is InChI=1S/C12H10N2S2/c1-2-12-9(3-4-16-12)5-10(1)13-6-11-7-15-8-14-11/h1-5,7-8,13H,6H2. The Labute approximate surface area is 102 Å². The molecule has 1 aromatic carbocycles. The molecule has 0 saturated carbocycles. The van der Waals surface area contributed by atoms with Crippen molar-refractivity contribution in [2.45, 2.75) is 6.54 Å². The zero-order chi connectivity index (χ0) is 10.8. The summed E-state index contributed by atoms with van der Waals surface area (Å²) >= 11 is 3.40. The molecule has 0 aliphatic carbocycles. The van der Waals surface area contributed by atoms with Crippen LogP contribution in [0.5, 0.6) is 0 Å². The first-order chi connectivity index (χ1) is 7.92. The molecule has 0 aliphatic rings. The van der Waals surface area contributed by atoms with Gasteiger partial charge in [0.15, 0.2) is 0 Å². The number of thiazole rings is 1. The van der Waals surface area contributed by atoms with E-state index in [1.165, 1.54) is 10.1 Å². The third kappa shape index (κ3) is 1.94. The molecule has 0 fully saturated rings. The monoisotopic (exact) mass is 246 g/mol. The zero-order valence-electron chi connectivity index (χ0n) is 8.51. The number of hydrogen-bond acceptors (Lipinski definition) is 4. The normalized spacial score (nSPS) is 10.8. The summed E-state index contributed by atoms with van der Waals surface area (Å²) in [6.45, 7) is 0.791. The van der Waals surface area contributed by atoms with E-state index in [2.05, 4.69) is 45.3 Å². The quantitative estimate of drug-likeness (QED) is 0.756. The molecule has 2 heterocycles. The van der Waals surface area contributed by atoms with Crippen LogP contribution in [-0.2, 0) is 6.54 Å². The van der Waals surface area contributed by atoms with Crippen LogP contribution in [-0.4, -0.2) is 4.98 Å². The van der Waals surface area contributed by atoms with Crippen LogP contribution in [0.3, 0.4) is 0 Å². The third-order valence-corrected chi connectivity index (χ3v) is 3.94. The molecule has 80 valence electrons. The lowest BCUT2D eigenvalue weighted by molar-refractivity contribution is 1.08. The molecular formula is C12H10N2S2.